The minimum absolute atomic E-state index is 0.639. The largest absolute Gasteiger partial charge is 0.253 e. The minimum Gasteiger partial charge on any atom is -0.253 e. The maximum Gasteiger partial charge on any atom is 0.212 e. The summed E-state index contributed by atoms with van der Waals surface area (Å²) in [5, 5.41) is 7.12. The van der Waals surface area contributed by atoms with E-state index in [-0.39, 0.29) is 0 Å². The second-order valence-electron chi connectivity index (χ2n) is 2.09. The van der Waals surface area contributed by atoms with Crippen molar-refractivity contribution in [3.05, 3.63) is 0 Å². The third kappa shape index (κ3) is 0.642. The highest BCUT2D eigenvalue weighted by atomic mass is 15.8. The molecule has 0 radical (unpaired) electrons. The fourth-order valence-electron chi connectivity index (χ4n) is 0.343. The zero-order chi connectivity index (χ0) is 5.49. The summed E-state index contributed by atoms with van der Waals surface area (Å²) in [6, 6.07) is 0. The molecule has 1 rings (SSSR count). The van der Waals surface area contributed by atoms with Crippen LogP contribution in [0.3, 0.4) is 0 Å². The predicted octanol–water partition coefficient (Wildman–Crippen LogP) is -0.0941. The van der Waals surface area contributed by atoms with E-state index in [4.69, 9.17) is 5.41 Å². The Morgan fingerprint density at radius 2 is 2.29 bits per heavy atom. The van der Waals surface area contributed by atoms with Crippen LogP contribution < -0.4 is 5.43 Å². The van der Waals surface area contributed by atoms with Crippen LogP contribution in [0.25, 0.3) is 0 Å². The molecule has 1 fully saturated rings. The van der Waals surface area contributed by atoms with Crippen molar-refractivity contribution in [2.45, 2.75) is 6.92 Å². The molecule has 40 valence electrons. The van der Waals surface area contributed by atoms with E-state index in [0.29, 0.717) is 10.4 Å². The summed E-state index contributed by atoms with van der Waals surface area (Å²) in [6.07, 6.45) is 0. The molecule has 3 nitrogen and oxygen atoms in total. The molecule has 0 saturated carbocycles. The zero-order valence-electron chi connectivity index (χ0n) is 4.65. The Hall–Kier alpha value is -0.410. The summed E-state index contributed by atoms with van der Waals surface area (Å²) in [4.78, 5) is 0. The molecule has 0 aromatic heterocycles. The monoisotopic (exact) mass is 100 g/mol. The van der Waals surface area contributed by atoms with E-state index in [2.05, 4.69) is 5.43 Å². The lowest BCUT2D eigenvalue weighted by molar-refractivity contribution is -0.705. The molecule has 2 N–H and O–H groups in total. The van der Waals surface area contributed by atoms with Gasteiger partial charge in [-0.15, -0.1) is 5.43 Å². The molecule has 1 aliphatic rings. The lowest BCUT2D eigenvalue weighted by atomic mass is 10.6. The Kier molecular flexibility index (Phi) is 0.711. The molecule has 1 heterocycles. The van der Waals surface area contributed by atoms with Gasteiger partial charge in [-0.2, -0.15) is 4.59 Å². The number of amidine groups is 1. The Bertz CT molecular complexity index is 104. The quantitative estimate of drug-likeness (QED) is 0.190. The van der Waals surface area contributed by atoms with Gasteiger partial charge in [0.1, 0.15) is 0 Å². The average Bonchev–Trinajstić information content (AvgIpc) is 2.21. The smallest absolute Gasteiger partial charge is 0.212 e. The van der Waals surface area contributed by atoms with Crippen LogP contribution >= 0.6 is 0 Å². The van der Waals surface area contributed by atoms with Crippen molar-refractivity contribution in [3.8, 4) is 0 Å². The summed E-state index contributed by atoms with van der Waals surface area (Å²) in [7, 11) is 1.97. The van der Waals surface area contributed by atoms with Crippen molar-refractivity contribution in [1.82, 2.24) is 5.43 Å². The number of quaternary nitrogens is 1. The van der Waals surface area contributed by atoms with Crippen LogP contribution in [-0.4, -0.2) is 24.1 Å². The number of rotatable bonds is 0. The second kappa shape index (κ2) is 1.05. The molecule has 1 aliphatic heterocycles. The Morgan fingerprint density at radius 3 is 2.29 bits per heavy atom. The molecule has 0 aliphatic carbocycles. The van der Waals surface area contributed by atoms with E-state index in [1.54, 1.807) is 6.92 Å². The standard InChI is InChI=1S/C4H10N3/c1-4(5)7(2)3-6-7/h5-6H,3H2,1-2H3/q+1. The number of hydrogen-bond donors (Lipinski definition) is 2. The van der Waals surface area contributed by atoms with Crippen LogP contribution in [0.4, 0.5) is 0 Å². The zero-order valence-corrected chi connectivity index (χ0v) is 4.65. The van der Waals surface area contributed by atoms with Crippen molar-refractivity contribution in [1.29, 1.82) is 5.41 Å². The summed E-state index contributed by atoms with van der Waals surface area (Å²) >= 11 is 0. The minimum atomic E-state index is 0.639. The summed E-state index contributed by atoms with van der Waals surface area (Å²) < 4.78 is 0.639. The first-order chi connectivity index (χ1) is 3.15. The third-order valence-corrected chi connectivity index (χ3v) is 1.37. The summed E-state index contributed by atoms with van der Waals surface area (Å²) in [5.41, 5.74) is 3.02. The second-order valence-corrected chi connectivity index (χ2v) is 2.09. The lowest BCUT2D eigenvalue weighted by Gasteiger charge is -2.01. The first-order valence-electron chi connectivity index (χ1n) is 2.31. The van der Waals surface area contributed by atoms with Gasteiger partial charge in [0.25, 0.3) is 0 Å². The van der Waals surface area contributed by atoms with Gasteiger partial charge >= 0.3 is 0 Å². The van der Waals surface area contributed by atoms with Crippen LogP contribution in [0.5, 0.6) is 0 Å². The fourth-order valence-corrected chi connectivity index (χ4v) is 0.343. The molecule has 0 bridgehead atoms. The van der Waals surface area contributed by atoms with Crippen molar-refractivity contribution >= 4 is 5.84 Å². The van der Waals surface area contributed by atoms with Gasteiger partial charge in [0.05, 0.1) is 7.05 Å². The maximum atomic E-state index is 7.12. The molecular weight excluding hydrogens is 90.1 g/mol. The highest BCUT2D eigenvalue weighted by molar-refractivity contribution is 5.69. The molecule has 1 atom stereocenters. The third-order valence-electron chi connectivity index (χ3n) is 1.37. The van der Waals surface area contributed by atoms with Gasteiger partial charge in [-0.1, -0.05) is 0 Å². The van der Waals surface area contributed by atoms with Crippen LogP contribution in [0.2, 0.25) is 0 Å². The fraction of sp³-hybridized carbons (Fsp3) is 0.750. The van der Waals surface area contributed by atoms with Gasteiger partial charge in [0.15, 0.2) is 6.67 Å². The highest BCUT2D eigenvalue weighted by Crippen LogP contribution is 2.07. The van der Waals surface area contributed by atoms with Crippen LogP contribution in [0.15, 0.2) is 0 Å². The molecule has 3 heteroatoms. The molecule has 1 saturated heterocycles. The Labute approximate surface area is 43.0 Å². The highest BCUT2D eigenvalue weighted by Gasteiger charge is 2.39. The van der Waals surface area contributed by atoms with Gasteiger partial charge in [-0.3, -0.25) is 5.41 Å². The van der Waals surface area contributed by atoms with Crippen molar-refractivity contribution in [2.75, 3.05) is 13.7 Å². The number of nitrogens with zero attached hydrogens (tertiary/aromatic N) is 1. The number of hydrogen-bond acceptors (Lipinski definition) is 2. The van der Waals surface area contributed by atoms with E-state index >= 15 is 0 Å². The van der Waals surface area contributed by atoms with E-state index < -0.39 is 0 Å². The first kappa shape index (κ1) is 4.74. The molecular formula is C4H10N3+. The van der Waals surface area contributed by atoms with Gasteiger partial charge in [0.2, 0.25) is 5.84 Å². The van der Waals surface area contributed by atoms with Gasteiger partial charge < -0.3 is 0 Å². The van der Waals surface area contributed by atoms with E-state index in [1.165, 1.54) is 0 Å². The van der Waals surface area contributed by atoms with Crippen molar-refractivity contribution in [3.63, 3.8) is 0 Å². The number of nitrogens with one attached hydrogen (secondary N) is 2. The van der Waals surface area contributed by atoms with E-state index in [9.17, 15) is 0 Å². The SMILES string of the molecule is CC(=N)[N+]1(C)CN1. The topological polar surface area (TPSA) is 45.8 Å². The van der Waals surface area contributed by atoms with E-state index in [0.717, 1.165) is 6.67 Å². The van der Waals surface area contributed by atoms with Crippen LogP contribution in [0, 0.1) is 5.41 Å². The summed E-state index contributed by atoms with van der Waals surface area (Å²) in [6.45, 7) is 2.73. The van der Waals surface area contributed by atoms with Crippen LogP contribution in [-0.2, 0) is 0 Å². The Morgan fingerprint density at radius 1 is 1.86 bits per heavy atom. The van der Waals surface area contributed by atoms with Gasteiger partial charge in [-0.05, 0) is 0 Å². The van der Waals surface area contributed by atoms with Crippen LogP contribution in [0.1, 0.15) is 6.92 Å². The maximum absolute atomic E-state index is 7.12. The molecule has 7 heavy (non-hydrogen) atoms. The van der Waals surface area contributed by atoms with E-state index in [1.807, 2.05) is 7.05 Å². The molecule has 0 aromatic carbocycles. The van der Waals surface area contributed by atoms with Gasteiger partial charge in [-0.25, -0.2) is 0 Å². The average molecular weight is 100 g/mol. The molecule has 0 aromatic rings. The summed E-state index contributed by atoms with van der Waals surface area (Å²) in [5.74, 6) is 0.681. The molecule has 0 amide bonds. The normalized spacial score (nSPS) is 38.0. The molecule has 0 spiro atoms. The Balaban J connectivity index is 2.55. The van der Waals surface area contributed by atoms with Crippen molar-refractivity contribution in [2.24, 2.45) is 0 Å². The molecule has 1 unspecified atom stereocenters. The van der Waals surface area contributed by atoms with Gasteiger partial charge in [0, 0.05) is 6.92 Å². The predicted molar refractivity (Wildman–Crippen MR) is 27.6 cm³/mol. The first-order valence-corrected chi connectivity index (χ1v) is 2.31. The lowest BCUT2D eigenvalue weighted by Crippen LogP contribution is -2.28. The van der Waals surface area contributed by atoms with Crippen molar-refractivity contribution < 1.29 is 4.59 Å².